The normalized spacial score (nSPS) is 12.0. The van der Waals surface area contributed by atoms with E-state index < -0.39 is 0 Å². The zero-order valence-corrected chi connectivity index (χ0v) is 10.7. The smallest absolute Gasteiger partial charge is 0.133 e. The van der Waals surface area contributed by atoms with E-state index in [1.807, 2.05) is 13.8 Å². The summed E-state index contributed by atoms with van der Waals surface area (Å²) in [5, 5.41) is 5.23. The van der Waals surface area contributed by atoms with Crippen molar-refractivity contribution >= 4 is 22.7 Å². The van der Waals surface area contributed by atoms with Crippen LogP contribution >= 0.6 is 22.7 Å². The van der Waals surface area contributed by atoms with Gasteiger partial charge < -0.3 is 5.73 Å². The summed E-state index contributed by atoms with van der Waals surface area (Å²) in [6.07, 6.45) is 0. The third kappa shape index (κ3) is 2.12. The van der Waals surface area contributed by atoms with Gasteiger partial charge in [-0.2, -0.15) is 0 Å². The number of aryl methyl sites for hydroxylation is 1. The molecule has 2 heterocycles. The number of nitrogens with zero attached hydrogens (tertiary/aromatic N) is 1. The Bertz CT molecular complexity index is 463. The number of hydrogen-bond acceptors (Lipinski definition) is 4. The van der Waals surface area contributed by atoms with Gasteiger partial charge in [0.1, 0.15) is 5.01 Å². The van der Waals surface area contributed by atoms with Gasteiger partial charge in [-0.15, -0.1) is 22.7 Å². The summed E-state index contributed by atoms with van der Waals surface area (Å²) >= 11 is 3.40. The van der Waals surface area contributed by atoms with Gasteiger partial charge in [-0.05, 0) is 37.8 Å². The van der Waals surface area contributed by atoms with Crippen LogP contribution in [0.5, 0.6) is 0 Å². The number of nitrogens with two attached hydrogens (primary N) is 1. The molecule has 15 heavy (non-hydrogen) atoms. The van der Waals surface area contributed by atoms with Crippen LogP contribution in [-0.4, -0.2) is 4.98 Å². The maximum Gasteiger partial charge on any atom is 0.133 e. The second kappa shape index (κ2) is 3.70. The lowest BCUT2D eigenvalue weighted by atomic mass is 10.0. The molecule has 0 saturated heterocycles. The van der Waals surface area contributed by atoms with E-state index in [9.17, 15) is 0 Å². The van der Waals surface area contributed by atoms with Crippen LogP contribution in [0.2, 0.25) is 0 Å². The second-order valence-electron chi connectivity index (χ2n) is 4.19. The molecule has 80 valence electrons. The topological polar surface area (TPSA) is 38.9 Å². The molecule has 0 radical (unpaired) electrons. The molecule has 2 aromatic heterocycles. The van der Waals surface area contributed by atoms with Gasteiger partial charge in [-0.3, -0.25) is 0 Å². The van der Waals surface area contributed by atoms with Crippen LogP contribution in [-0.2, 0) is 5.54 Å². The van der Waals surface area contributed by atoms with E-state index in [-0.39, 0.29) is 5.54 Å². The molecular weight excluding hydrogens is 224 g/mol. The zero-order valence-electron chi connectivity index (χ0n) is 9.07. The van der Waals surface area contributed by atoms with Crippen molar-refractivity contribution in [2.75, 3.05) is 0 Å². The molecule has 2 aromatic rings. The van der Waals surface area contributed by atoms with Gasteiger partial charge in [-0.1, -0.05) is 0 Å². The van der Waals surface area contributed by atoms with Gasteiger partial charge in [-0.25, -0.2) is 4.98 Å². The molecule has 0 fully saturated rings. The predicted octanol–water partition coefficient (Wildman–Crippen LogP) is 3.37. The molecule has 0 saturated carbocycles. The minimum absolute atomic E-state index is 0.347. The first-order valence-corrected chi connectivity index (χ1v) is 6.54. The van der Waals surface area contributed by atoms with Gasteiger partial charge in [0.15, 0.2) is 0 Å². The monoisotopic (exact) mass is 238 g/mol. The fourth-order valence-electron chi connectivity index (χ4n) is 1.27. The number of rotatable bonds is 2. The molecule has 0 bridgehead atoms. The highest BCUT2D eigenvalue weighted by Crippen LogP contribution is 2.33. The Morgan fingerprint density at radius 2 is 2.07 bits per heavy atom. The Balaban J connectivity index is 2.41. The van der Waals surface area contributed by atoms with Gasteiger partial charge in [0.05, 0.1) is 16.1 Å². The van der Waals surface area contributed by atoms with Crippen molar-refractivity contribution in [2.24, 2.45) is 5.73 Å². The summed E-state index contributed by atoms with van der Waals surface area (Å²) in [4.78, 5) is 5.85. The lowest BCUT2D eigenvalue weighted by Crippen LogP contribution is -2.28. The fraction of sp³-hybridized carbons (Fsp3) is 0.364. The van der Waals surface area contributed by atoms with Crippen molar-refractivity contribution in [1.82, 2.24) is 4.98 Å². The molecule has 2 N–H and O–H groups in total. The van der Waals surface area contributed by atoms with E-state index in [4.69, 9.17) is 5.73 Å². The minimum Gasteiger partial charge on any atom is -0.321 e. The fourth-order valence-corrected chi connectivity index (χ4v) is 3.36. The summed E-state index contributed by atoms with van der Waals surface area (Å²) in [6.45, 7) is 6.07. The SMILES string of the molecule is Cc1ccsc1-c1nc(C(C)(C)N)cs1. The molecule has 2 nitrogen and oxygen atoms in total. The Labute approximate surface area is 97.8 Å². The quantitative estimate of drug-likeness (QED) is 0.871. The molecule has 0 spiro atoms. The Morgan fingerprint density at radius 1 is 1.33 bits per heavy atom. The molecule has 0 unspecified atom stereocenters. The van der Waals surface area contributed by atoms with Crippen molar-refractivity contribution in [3.63, 3.8) is 0 Å². The van der Waals surface area contributed by atoms with Crippen LogP contribution < -0.4 is 5.73 Å². The molecular formula is C11H14N2S2. The van der Waals surface area contributed by atoms with E-state index in [1.165, 1.54) is 10.4 Å². The highest BCUT2D eigenvalue weighted by atomic mass is 32.1. The molecule has 0 aromatic carbocycles. The Hall–Kier alpha value is -0.710. The first kappa shape index (κ1) is 10.8. The standard InChI is InChI=1S/C11H14N2S2/c1-7-4-5-14-9(7)10-13-8(6-15-10)11(2,3)12/h4-6H,12H2,1-3H3. The van der Waals surface area contributed by atoms with Crippen LogP contribution in [0.25, 0.3) is 9.88 Å². The van der Waals surface area contributed by atoms with Gasteiger partial charge >= 0.3 is 0 Å². The first-order valence-electron chi connectivity index (χ1n) is 4.78. The summed E-state index contributed by atoms with van der Waals surface area (Å²) in [5.74, 6) is 0. The lowest BCUT2D eigenvalue weighted by Gasteiger charge is -2.14. The van der Waals surface area contributed by atoms with Crippen molar-refractivity contribution in [3.05, 3.63) is 28.1 Å². The first-order chi connectivity index (χ1) is 6.98. The number of thiazole rings is 1. The van der Waals surface area contributed by atoms with Gasteiger partial charge in [0, 0.05) is 5.38 Å². The zero-order chi connectivity index (χ0) is 11.1. The summed E-state index contributed by atoms with van der Waals surface area (Å²) in [6, 6.07) is 2.12. The van der Waals surface area contributed by atoms with Crippen LogP contribution in [0.3, 0.4) is 0 Å². The van der Waals surface area contributed by atoms with Crippen LogP contribution in [0.4, 0.5) is 0 Å². The number of aromatic nitrogens is 1. The van der Waals surface area contributed by atoms with Gasteiger partial charge in [0.2, 0.25) is 0 Å². The van der Waals surface area contributed by atoms with Gasteiger partial charge in [0.25, 0.3) is 0 Å². The maximum absolute atomic E-state index is 6.01. The van der Waals surface area contributed by atoms with Crippen LogP contribution in [0.15, 0.2) is 16.8 Å². The largest absolute Gasteiger partial charge is 0.321 e. The minimum atomic E-state index is -0.347. The van der Waals surface area contributed by atoms with Crippen LogP contribution in [0.1, 0.15) is 25.1 Å². The van der Waals surface area contributed by atoms with E-state index >= 15 is 0 Å². The Kier molecular flexibility index (Phi) is 2.66. The highest BCUT2D eigenvalue weighted by molar-refractivity contribution is 7.20. The maximum atomic E-state index is 6.01. The Morgan fingerprint density at radius 3 is 2.53 bits per heavy atom. The number of thiophene rings is 1. The van der Waals surface area contributed by atoms with Crippen molar-refractivity contribution in [3.8, 4) is 9.88 Å². The summed E-state index contributed by atoms with van der Waals surface area (Å²) < 4.78 is 0. The average molecular weight is 238 g/mol. The molecule has 0 aliphatic heterocycles. The lowest BCUT2D eigenvalue weighted by molar-refractivity contribution is 0.539. The molecule has 0 atom stereocenters. The predicted molar refractivity (Wildman–Crippen MR) is 67.4 cm³/mol. The summed E-state index contributed by atoms with van der Waals surface area (Å²) in [7, 11) is 0. The van der Waals surface area contributed by atoms with Crippen molar-refractivity contribution in [2.45, 2.75) is 26.3 Å². The van der Waals surface area contributed by atoms with Crippen LogP contribution in [0, 0.1) is 6.92 Å². The van der Waals surface area contributed by atoms with E-state index in [0.29, 0.717) is 0 Å². The number of hydrogen-bond donors (Lipinski definition) is 1. The molecule has 0 amide bonds. The molecule has 4 heteroatoms. The second-order valence-corrected chi connectivity index (χ2v) is 5.97. The van der Waals surface area contributed by atoms with E-state index in [2.05, 4.69) is 28.7 Å². The van der Waals surface area contributed by atoms with Crippen molar-refractivity contribution in [1.29, 1.82) is 0 Å². The third-order valence-electron chi connectivity index (χ3n) is 2.22. The molecule has 0 aliphatic carbocycles. The highest BCUT2D eigenvalue weighted by Gasteiger charge is 2.19. The van der Waals surface area contributed by atoms with E-state index in [0.717, 1.165) is 10.7 Å². The third-order valence-corrected chi connectivity index (χ3v) is 4.23. The average Bonchev–Trinajstić information content (AvgIpc) is 2.69. The van der Waals surface area contributed by atoms with E-state index in [1.54, 1.807) is 22.7 Å². The molecule has 2 rings (SSSR count). The summed E-state index contributed by atoms with van der Waals surface area (Å²) in [5.41, 5.74) is 7.92. The van der Waals surface area contributed by atoms with Crippen molar-refractivity contribution < 1.29 is 0 Å². The molecule has 0 aliphatic rings.